The van der Waals surface area contributed by atoms with Gasteiger partial charge in [0.1, 0.15) is 25.1 Å². The van der Waals surface area contributed by atoms with Crippen LogP contribution in [0.15, 0.2) is 48.5 Å². The molecule has 2 N–H and O–H groups in total. The first kappa shape index (κ1) is 24.2. The highest BCUT2D eigenvalue weighted by Crippen LogP contribution is 2.36. The Hall–Kier alpha value is -2.11. The molecule has 2 rings (SSSR count). The predicted octanol–water partition coefficient (Wildman–Crippen LogP) is 4.95. The molecule has 2 aromatic rings. The highest BCUT2D eigenvalue weighted by atomic mass is 19.1. The van der Waals surface area contributed by atoms with Crippen LogP contribution in [0.5, 0.6) is 11.5 Å². The van der Waals surface area contributed by atoms with Crippen molar-refractivity contribution in [3.05, 3.63) is 59.9 Å². The number of para-hydroxylation sites is 1. The van der Waals surface area contributed by atoms with E-state index in [0.29, 0.717) is 19.7 Å². The van der Waals surface area contributed by atoms with E-state index in [-0.39, 0.29) is 29.0 Å². The van der Waals surface area contributed by atoms with Gasteiger partial charge in [-0.05, 0) is 47.1 Å². The van der Waals surface area contributed by atoms with Crippen LogP contribution in [-0.2, 0) is 5.41 Å². The van der Waals surface area contributed by atoms with Crippen LogP contribution in [0.25, 0.3) is 0 Å². The van der Waals surface area contributed by atoms with Crippen molar-refractivity contribution in [3.8, 4) is 11.5 Å². The fourth-order valence-electron chi connectivity index (χ4n) is 3.75. The Kier molecular flexibility index (Phi) is 8.68. The molecular formula is C25H36FNO3. The summed E-state index contributed by atoms with van der Waals surface area (Å²) < 4.78 is 24.5. The molecule has 0 spiro atoms. The lowest BCUT2D eigenvalue weighted by Gasteiger charge is -2.33. The van der Waals surface area contributed by atoms with Crippen molar-refractivity contribution in [2.24, 2.45) is 5.41 Å². The van der Waals surface area contributed by atoms with Gasteiger partial charge in [0.05, 0.1) is 0 Å². The number of aliphatic hydroxyl groups is 1. The normalized spacial score (nSPS) is 13.2. The van der Waals surface area contributed by atoms with Crippen LogP contribution < -0.4 is 14.8 Å². The van der Waals surface area contributed by atoms with Crippen molar-refractivity contribution >= 4 is 0 Å². The molecule has 0 saturated heterocycles. The summed E-state index contributed by atoms with van der Waals surface area (Å²) in [7, 11) is 0. The maximum absolute atomic E-state index is 13.4. The van der Waals surface area contributed by atoms with Crippen LogP contribution in [0.1, 0.15) is 46.6 Å². The van der Waals surface area contributed by atoms with Gasteiger partial charge in [-0.3, -0.25) is 0 Å². The Labute approximate surface area is 180 Å². The van der Waals surface area contributed by atoms with E-state index in [2.05, 4.69) is 52.1 Å². The Balaban J connectivity index is 1.68. The Morgan fingerprint density at radius 3 is 2.27 bits per heavy atom. The van der Waals surface area contributed by atoms with Gasteiger partial charge < -0.3 is 19.9 Å². The minimum Gasteiger partial charge on any atom is -0.491 e. The summed E-state index contributed by atoms with van der Waals surface area (Å²) in [5, 5.41) is 13.2. The van der Waals surface area contributed by atoms with E-state index in [4.69, 9.17) is 9.47 Å². The molecule has 4 nitrogen and oxygen atoms in total. The zero-order valence-electron chi connectivity index (χ0n) is 18.9. The molecular weight excluding hydrogens is 381 g/mol. The van der Waals surface area contributed by atoms with E-state index in [1.54, 1.807) is 18.2 Å². The molecule has 30 heavy (non-hydrogen) atoms. The monoisotopic (exact) mass is 417 g/mol. The maximum Gasteiger partial charge on any atom is 0.165 e. The minimum absolute atomic E-state index is 0.0882. The first-order valence-electron chi connectivity index (χ1n) is 10.6. The summed E-state index contributed by atoms with van der Waals surface area (Å²) in [6.07, 6.45) is 0.445. The summed E-state index contributed by atoms with van der Waals surface area (Å²) in [6, 6.07) is 14.4. The third-order valence-corrected chi connectivity index (χ3v) is 4.80. The number of nitrogens with one attached hydrogen (secondary N) is 1. The molecule has 5 heteroatoms. The Morgan fingerprint density at radius 1 is 0.967 bits per heavy atom. The van der Waals surface area contributed by atoms with Gasteiger partial charge in [-0.25, -0.2) is 4.39 Å². The largest absolute Gasteiger partial charge is 0.491 e. The van der Waals surface area contributed by atoms with E-state index in [9.17, 15) is 9.50 Å². The Bertz CT molecular complexity index is 769. The molecule has 0 saturated carbocycles. The summed E-state index contributed by atoms with van der Waals surface area (Å²) in [6.45, 7) is 12.7. The number of hydrogen-bond acceptors (Lipinski definition) is 4. The van der Waals surface area contributed by atoms with Gasteiger partial charge in [0.2, 0.25) is 0 Å². The average molecular weight is 418 g/mol. The lowest BCUT2D eigenvalue weighted by atomic mass is 9.72. The molecule has 1 atom stereocenters. The van der Waals surface area contributed by atoms with Crippen LogP contribution in [0.4, 0.5) is 4.39 Å². The first-order chi connectivity index (χ1) is 14.1. The number of hydrogen-bond donors (Lipinski definition) is 2. The maximum atomic E-state index is 13.4. The topological polar surface area (TPSA) is 50.7 Å². The standard InChI is InChI=1S/C25H36FNO3/c1-24(2,3)18-25(4,5)19-10-12-21(13-11-19)30-17-20(28)16-27-14-15-29-23-9-7-6-8-22(23)26/h6-13,20,27-28H,14-18H2,1-5H3/t20-/m0/s1. The first-order valence-corrected chi connectivity index (χ1v) is 10.6. The predicted molar refractivity (Wildman–Crippen MR) is 120 cm³/mol. The second-order valence-electron chi connectivity index (χ2n) is 9.59. The molecule has 0 aliphatic heterocycles. The van der Waals surface area contributed by atoms with E-state index in [1.165, 1.54) is 11.6 Å². The molecule has 2 aromatic carbocycles. The van der Waals surface area contributed by atoms with E-state index in [0.717, 1.165) is 12.2 Å². The number of halogens is 1. The van der Waals surface area contributed by atoms with Crippen molar-refractivity contribution in [1.29, 1.82) is 0 Å². The summed E-state index contributed by atoms with van der Waals surface area (Å²) in [5.74, 6) is 0.600. The lowest BCUT2D eigenvalue weighted by Crippen LogP contribution is -2.33. The minimum atomic E-state index is -0.643. The van der Waals surface area contributed by atoms with E-state index >= 15 is 0 Å². The second-order valence-corrected chi connectivity index (χ2v) is 9.59. The van der Waals surface area contributed by atoms with Gasteiger partial charge in [0.25, 0.3) is 0 Å². The molecule has 0 bridgehead atoms. The zero-order chi connectivity index (χ0) is 22.2. The molecule has 0 heterocycles. The summed E-state index contributed by atoms with van der Waals surface area (Å²) >= 11 is 0. The number of aliphatic hydroxyl groups excluding tert-OH is 1. The van der Waals surface area contributed by atoms with Gasteiger partial charge in [-0.15, -0.1) is 0 Å². The molecule has 0 aliphatic rings. The van der Waals surface area contributed by atoms with Gasteiger partial charge in [0.15, 0.2) is 11.6 Å². The van der Waals surface area contributed by atoms with Crippen LogP contribution in [0.2, 0.25) is 0 Å². The fourth-order valence-corrected chi connectivity index (χ4v) is 3.75. The van der Waals surface area contributed by atoms with Gasteiger partial charge in [0, 0.05) is 13.1 Å². The highest BCUT2D eigenvalue weighted by Gasteiger charge is 2.27. The summed E-state index contributed by atoms with van der Waals surface area (Å²) in [4.78, 5) is 0. The van der Waals surface area contributed by atoms with Gasteiger partial charge in [-0.1, -0.05) is 58.9 Å². The molecule has 0 amide bonds. The van der Waals surface area contributed by atoms with Crippen LogP contribution in [-0.4, -0.2) is 37.5 Å². The SMILES string of the molecule is CC(C)(C)CC(C)(C)c1ccc(OC[C@@H](O)CNCCOc2ccccc2F)cc1. The van der Waals surface area contributed by atoms with Gasteiger partial charge >= 0.3 is 0 Å². The summed E-state index contributed by atoms with van der Waals surface area (Å²) in [5.41, 5.74) is 1.63. The van der Waals surface area contributed by atoms with Crippen LogP contribution in [0, 0.1) is 11.2 Å². The van der Waals surface area contributed by atoms with Crippen molar-refractivity contribution in [3.63, 3.8) is 0 Å². The quantitative estimate of drug-likeness (QED) is 0.508. The molecule has 0 aromatic heterocycles. The Morgan fingerprint density at radius 2 is 1.63 bits per heavy atom. The third-order valence-electron chi connectivity index (χ3n) is 4.80. The molecule has 0 fully saturated rings. The zero-order valence-corrected chi connectivity index (χ0v) is 18.9. The number of benzene rings is 2. The lowest BCUT2D eigenvalue weighted by molar-refractivity contribution is 0.105. The van der Waals surface area contributed by atoms with E-state index < -0.39 is 6.10 Å². The van der Waals surface area contributed by atoms with Crippen molar-refractivity contribution in [2.45, 2.75) is 52.6 Å². The smallest absolute Gasteiger partial charge is 0.165 e. The third kappa shape index (κ3) is 8.33. The average Bonchev–Trinajstić information content (AvgIpc) is 2.66. The molecule has 166 valence electrons. The number of ether oxygens (including phenoxy) is 2. The molecule has 0 radical (unpaired) electrons. The highest BCUT2D eigenvalue weighted by molar-refractivity contribution is 5.31. The molecule has 0 unspecified atom stereocenters. The van der Waals surface area contributed by atoms with Crippen molar-refractivity contribution in [2.75, 3.05) is 26.3 Å². The second kappa shape index (κ2) is 10.8. The van der Waals surface area contributed by atoms with Crippen LogP contribution in [0.3, 0.4) is 0 Å². The molecule has 0 aliphatic carbocycles. The van der Waals surface area contributed by atoms with E-state index in [1.807, 2.05) is 12.1 Å². The fraction of sp³-hybridized carbons (Fsp3) is 0.520. The van der Waals surface area contributed by atoms with Crippen molar-refractivity contribution in [1.82, 2.24) is 5.32 Å². The van der Waals surface area contributed by atoms with Crippen LogP contribution >= 0.6 is 0 Å². The van der Waals surface area contributed by atoms with Gasteiger partial charge in [-0.2, -0.15) is 0 Å². The number of rotatable bonds is 11. The van der Waals surface area contributed by atoms with Crippen molar-refractivity contribution < 1.29 is 19.0 Å².